The molecule has 0 saturated heterocycles. The predicted molar refractivity (Wildman–Crippen MR) is 67.2 cm³/mol. The van der Waals surface area contributed by atoms with Crippen LogP contribution in [0, 0.1) is 5.92 Å². The lowest BCUT2D eigenvalue weighted by atomic mass is 10.1. The Balaban J connectivity index is 1.90. The third-order valence-corrected chi connectivity index (χ3v) is 3.59. The van der Waals surface area contributed by atoms with Gasteiger partial charge in [-0.1, -0.05) is 6.07 Å². The summed E-state index contributed by atoms with van der Waals surface area (Å²) in [6.45, 7) is 0.715. The zero-order valence-corrected chi connectivity index (χ0v) is 10.00. The highest BCUT2D eigenvalue weighted by molar-refractivity contribution is 7.91. The third-order valence-electron chi connectivity index (χ3n) is 2.83. The Bertz CT molecular complexity index is 474. The van der Waals surface area contributed by atoms with Gasteiger partial charge < -0.3 is 15.0 Å². The van der Waals surface area contributed by atoms with Crippen molar-refractivity contribution in [2.24, 2.45) is 16.0 Å². The summed E-state index contributed by atoms with van der Waals surface area (Å²) in [6, 6.07) is 5.53. The number of rotatable bonds is 3. The molecule has 1 atom stereocenters. The maximum atomic E-state index is 11.3. The van der Waals surface area contributed by atoms with E-state index in [0.717, 1.165) is 0 Å². The van der Waals surface area contributed by atoms with E-state index >= 15 is 0 Å². The van der Waals surface area contributed by atoms with Gasteiger partial charge in [0.05, 0.1) is 17.9 Å². The van der Waals surface area contributed by atoms with Crippen LogP contribution in [0.1, 0.15) is 18.4 Å². The third kappa shape index (κ3) is 2.18. The molecule has 0 spiro atoms. The predicted octanol–water partition coefficient (Wildman–Crippen LogP) is 1.18. The summed E-state index contributed by atoms with van der Waals surface area (Å²) in [5.74, 6) is 1.65. The number of nitrogens with two attached hydrogens (primary N) is 1. The molecule has 5 nitrogen and oxygen atoms in total. The average Bonchev–Trinajstić information content (AvgIpc) is 3.09. The molecule has 2 aliphatic rings. The lowest BCUT2D eigenvalue weighted by Gasteiger charge is -2.18. The molecule has 0 aromatic heterocycles. The number of benzene rings is 1. The van der Waals surface area contributed by atoms with Gasteiger partial charge in [-0.25, -0.2) is 0 Å². The molecule has 0 amide bonds. The van der Waals surface area contributed by atoms with Gasteiger partial charge in [0.1, 0.15) is 5.75 Å². The van der Waals surface area contributed by atoms with E-state index in [4.69, 9.17) is 10.5 Å². The first kappa shape index (κ1) is 10.7. The van der Waals surface area contributed by atoms with E-state index in [2.05, 4.69) is 9.12 Å². The standard InChI is InChI=1S/C11H13N3O2S/c12-11-10-8(13-17(15)14-11)2-1-3-9(10)16-6-7-4-5-7/h1-3,7,13H,4-6H2,(H2,12,14). The van der Waals surface area contributed by atoms with Gasteiger partial charge >= 0.3 is 0 Å². The van der Waals surface area contributed by atoms with E-state index in [-0.39, 0.29) is 5.84 Å². The Morgan fingerprint density at radius 3 is 3.12 bits per heavy atom. The molecule has 1 aliphatic heterocycles. The molecule has 1 heterocycles. The van der Waals surface area contributed by atoms with Crippen LogP contribution >= 0.6 is 0 Å². The Labute approximate surface area is 103 Å². The van der Waals surface area contributed by atoms with Gasteiger partial charge in [-0.15, -0.1) is 0 Å². The van der Waals surface area contributed by atoms with E-state index < -0.39 is 11.5 Å². The number of nitrogens with zero attached hydrogens (tertiary/aromatic N) is 1. The summed E-state index contributed by atoms with van der Waals surface area (Å²) in [5, 5.41) is 0. The van der Waals surface area contributed by atoms with E-state index in [9.17, 15) is 4.55 Å². The smallest absolute Gasteiger partial charge is 0.222 e. The summed E-state index contributed by atoms with van der Waals surface area (Å²) in [6.07, 6.45) is 2.47. The van der Waals surface area contributed by atoms with Crippen LogP contribution in [-0.2, 0) is 11.5 Å². The fourth-order valence-corrected chi connectivity index (χ4v) is 2.42. The fourth-order valence-electron chi connectivity index (χ4n) is 1.74. The minimum absolute atomic E-state index is 0.267. The highest BCUT2D eigenvalue weighted by Gasteiger charge is 2.26. The molecule has 0 bridgehead atoms. The van der Waals surface area contributed by atoms with Gasteiger partial charge in [-0.3, -0.25) is 0 Å². The number of anilines is 1. The first-order chi connectivity index (χ1) is 8.24. The number of hydrogen-bond donors (Lipinski definition) is 2. The summed E-state index contributed by atoms with van der Waals surface area (Å²) >= 11 is -1.48. The van der Waals surface area contributed by atoms with Crippen LogP contribution in [-0.4, -0.2) is 17.0 Å². The molecule has 1 aromatic carbocycles. The van der Waals surface area contributed by atoms with Gasteiger partial charge in [0.25, 0.3) is 0 Å². The summed E-state index contributed by atoms with van der Waals surface area (Å²) < 4.78 is 23.6. The summed E-state index contributed by atoms with van der Waals surface area (Å²) in [5.41, 5.74) is 7.22. The first-order valence-corrected chi connectivity index (χ1v) is 6.63. The normalized spacial score (nSPS) is 22.4. The fraction of sp³-hybridized carbons (Fsp3) is 0.364. The Morgan fingerprint density at radius 2 is 2.35 bits per heavy atom. The molecule has 1 unspecified atom stereocenters. The largest absolute Gasteiger partial charge is 0.566 e. The van der Waals surface area contributed by atoms with Crippen molar-refractivity contribution >= 4 is 23.1 Å². The average molecular weight is 251 g/mol. The van der Waals surface area contributed by atoms with Crippen molar-refractivity contribution in [3.05, 3.63) is 23.8 Å². The topological polar surface area (TPSA) is 82.7 Å². The maximum absolute atomic E-state index is 11.3. The van der Waals surface area contributed by atoms with E-state index in [1.54, 1.807) is 0 Å². The molecular weight excluding hydrogens is 238 g/mol. The Morgan fingerprint density at radius 1 is 1.53 bits per heavy atom. The van der Waals surface area contributed by atoms with Crippen LogP contribution in [0.2, 0.25) is 0 Å². The molecule has 3 N–H and O–H groups in total. The molecule has 6 heteroatoms. The number of fused-ring (bicyclic) bond motifs is 1. The lowest BCUT2D eigenvalue weighted by Crippen LogP contribution is -2.27. The second-order valence-electron chi connectivity index (χ2n) is 4.26. The van der Waals surface area contributed by atoms with Crippen molar-refractivity contribution in [3.63, 3.8) is 0 Å². The van der Waals surface area contributed by atoms with Crippen molar-refractivity contribution < 1.29 is 9.29 Å². The number of amidine groups is 1. The lowest BCUT2D eigenvalue weighted by molar-refractivity contribution is 0.299. The molecule has 1 aliphatic carbocycles. The van der Waals surface area contributed by atoms with Gasteiger partial charge in [-0.05, 0) is 35.3 Å². The van der Waals surface area contributed by atoms with Gasteiger partial charge in [0.2, 0.25) is 11.5 Å². The van der Waals surface area contributed by atoms with Crippen molar-refractivity contribution in [2.75, 3.05) is 11.3 Å². The van der Waals surface area contributed by atoms with Gasteiger partial charge in [0.15, 0.2) is 5.84 Å². The monoisotopic (exact) mass is 251 g/mol. The van der Waals surface area contributed by atoms with Crippen LogP contribution < -0.4 is 15.2 Å². The Hall–Kier alpha value is -1.40. The van der Waals surface area contributed by atoms with Crippen LogP contribution in [0.5, 0.6) is 5.75 Å². The Kier molecular flexibility index (Phi) is 2.60. The summed E-state index contributed by atoms with van der Waals surface area (Å²) in [7, 11) is 0. The van der Waals surface area contributed by atoms with E-state index in [0.29, 0.717) is 29.5 Å². The molecular formula is C11H13N3O2S. The van der Waals surface area contributed by atoms with E-state index in [1.807, 2.05) is 18.2 Å². The highest BCUT2D eigenvalue weighted by Crippen LogP contribution is 2.33. The molecule has 90 valence electrons. The van der Waals surface area contributed by atoms with Crippen LogP contribution in [0.25, 0.3) is 0 Å². The van der Waals surface area contributed by atoms with E-state index in [1.165, 1.54) is 12.8 Å². The molecule has 3 rings (SSSR count). The van der Waals surface area contributed by atoms with Gasteiger partial charge in [-0.2, -0.15) is 4.72 Å². The zero-order chi connectivity index (χ0) is 11.8. The van der Waals surface area contributed by atoms with Gasteiger partial charge in [0, 0.05) is 0 Å². The number of nitrogens with one attached hydrogen (secondary N) is 1. The first-order valence-electron chi connectivity index (χ1n) is 5.53. The van der Waals surface area contributed by atoms with Crippen molar-refractivity contribution in [1.82, 2.24) is 0 Å². The van der Waals surface area contributed by atoms with Crippen LogP contribution in [0.3, 0.4) is 0 Å². The molecule has 1 aromatic rings. The van der Waals surface area contributed by atoms with Crippen LogP contribution in [0.4, 0.5) is 5.69 Å². The zero-order valence-electron chi connectivity index (χ0n) is 9.18. The maximum Gasteiger partial charge on any atom is 0.222 e. The highest BCUT2D eigenvalue weighted by atomic mass is 32.2. The van der Waals surface area contributed by atoms with Crippen molar-refractivity contribution in [2.45, 2.75) is 12.8 Å². The quantitative estimate of drug-likeness (QED) is 0.790. The van der Waals surface area contributed by atoms with Crippen molar-refractivity contribution in [1.29, 1.82) is 0 Å². The molecule has 17 heavy (non-hydrogen) atoms. The minimum Gasteiger partial charge on any atom is -0.566 e. The minimum atomic E-state index is -1.48. The molecule has 0 radical (unpaired) electrons. The summed E-state index contributed by atoms with van der Waals surface area (Å²) in [4.78, 5) is 0. The molecule has 1 fully saturated rings. The van der Waals surface area contributed by atoms with Crippen LogP contribution in [0.15, 0.2) is 22.6 Å². The second kappa shape index (κ2) is 4.12. The SMILES string of the molecule is NC1=N[S+]([O-])Nc2cccc(OCC3CC3)c21. The van der Waals surface area contributed by atoms with Crippen molar-refractivity contribution in [3.8, 4) is 5.75 Å². The number of hydrogen-bond acceptors (Lipinski definition) is 5. The number of ether oxygens (including phenoxy) is 1. The molecule has 1 saturated carbocycles. The second-order valence-corrected chi connectivity index (χ2v) is 5.15.